The van der Waals surface area contributed by atoms with Crippen molar-refractivity contribution in [2.24, 2.45) is 5.92 Å². The number of aliphatic hydroxyl groups is 1. The van der Waals surface area contributed by atoms with Gasteiger partial charge >= 0.3 is 0 Å². The van der Waals surface area contributed by atoms with E-state index in [9.17, 15) is 9.90 Å². The largest absolute Gasteiger partial charge is 0.493 e. The Morgan fingerprint density at radius 3 is 2.71 bits per heavy atom. The molecule has 1 fully saturated rings. The first kappa shape index (κ1) is 15.6. The Morgan fingerprint density at radius 1 is 1.33 bits per heavy atom. The summed E-state index contributed by atoms with van der Waals surface area (Å²) in [5.74, 6) is 1.26. The highest BCUT2D eigenvalue weighted by Gasteiger charge is 2.24. The van der Waals surface area contributed by atoms with E-state index < -0.39 is 0 Å². The molecule has 116 valence electrons. The molecule has 1 amide bonds. The molecule has 2 unspecified atom stereocenters. The maximum atomic E-state index is 11.9. The topological polar surface area (TPSA) is 79.8 Å². The molecular formula is C15H22N2O4. The highest BCUT2D eigenvalue weighted by molar-refractivity contribution is 5.78. The SMILES string of the molecule is COc1ccc(CC(=O)NCC2CNCC2O)cc1OC. The quantitative estimate of drug-likeness (QED) is 0.685. The fourth-order valence-electron chi connectivity index (χ4n) is 2.41. The first-order valence-electron chi connectivity index (χ1n) is 7.00. The second kappa shape index (κ2) is 7.28. The van der Waals surface area contributed by atoms with Crippen LogP contribution in [0.4, 0.5) is 0 Å². The Bertz CT molecular complexity index is 493. The van der Waals surface area contributed by atoms with Gasteiger partial charge in [0.1, 0.15) is 0 Å². The molecule has 3 N–H and O–H groups in total. The van der Waals surface area contributed by atoms with Crippen molar-refractivity contribution in [2.75, 3.05) is 33.9 Å². The van der Waals surface area contributed by atoms with Crippen molar-refractivity contribution in [3.05, 3.63) is 23.8 Å². The van der Waals surface area contributed by atoms with Gasteiger partial charge in [0.25, 0.3) is 0 Å². The van der Waals surface area contributed by atoms with Crippen molar-refractivity contribution in [1.29, 1.82) is 0 Å². The van der Waals surface area contributed by atoms with Crippen molar-refractivity contribution in [1.82, 2.24) is 10.6 Å². The molecule has 0 radical (unpaired) electrons. The number of rotatable bonds is 6. The van der Waals surface area contributed by atoms with Crippen LogP contribution in [0.5, 0.6) is 11.5 Å². The van der Waals surface area contributed by atoms with Crippen molar-refractivity contribution in [2.45, 2.75) is 12.5 Å². The Morgan fingerprint density at radius 2 is 2.10 bits per heavy atom. The van der Waals surface area contributed by atoms with Crippen LogP contribution in [0.25, 0.3) is 0 Å². The minimum absolute atomic E-state index is 0.0682. The zero-order valence-electron chi connectivity index (χ0n) is 12.4. The third kappa shape index (κ3) is 4.09. The van der Waals surface area contributed by atoms with Crippen LogP contribution in [0, 0.1) is 5.92 Å². The molecule has 1 aliphatic heterocycles. The van der Waals surface area contributed by atoms with Gasteiger partial charge < -0.3 is 25.2 Å². The number of carbonyl (C=O) groups is 1. The summed E-state index contributed by atoms with van der Waals surface area (Å²) in [5.41, 5.74) is 0.857. The highest BCUT2D eigenvalue weighted by Crippen LogP contribution is 2.27. The predicted octanol–water partition coefficient (Wildman–Crippen LogP) is -0.0572. The van der Waals surface area contributed by atoms with Gasteiger partial charge in [-0.05, 0) is 17.7 Å². The predicted molar refractivity (Wildman–Crippen MR) is 78.6 cm³/mol. The summed E-state index contributed by atoms with van der Waals surface area (Å²) < 4.78 is 10.4. The van der Waals surface area contributed by atoms with E-state index >= 15 is 0 Å². The highest BCUT2D eigenvalue weighted by atomic mass is 16.5. The lowest BCUT2D eigenvalue weighted by molar-refractivity contribution is -0.120. The lowest BCUT2D eigenvalue weighted by atomic mass is 10.1. The normalized spacial score (nSPS) is 21.1. The zero-order chi connectivity index (χ0) is 15.2. The number of benzene rings is 1. The molecule has 0 aromatic heterocycles. The molecule has 1 aliphatic rings. The van der Waals surface area contributed by atoms with E-state index in [1.807, 2.05) is 6.07 Å². The molecule has 1 aromatic rings. The van der Waals surface area contributed by atoms with E-state index in [0.717, 1.165) is 12.1 Å². The van der Waals surface area contributed by atoms with E-state index in [-0.39, 0.29) is 24.3 Å². The molecule has 0 bridgehead atoms. The van der Waals surface area contributed by atoms with E-state index in [4.69, 9.17) is 9.47 Å². The van der Waals surface area contributed by atoms with Crippen LogP contribution in [0.2, 0.25) is 0 Å². The summed E-state index contributed by atoms with van der Waals surface area (Å²) in [4.78, 5) is 11.9. The van der Waals surface area contributed by atoms with Crippen molar-refractivity contribution < 1.29 is 19.4 Å². The van der Waals surface area contributed by atoms with Crippen LogP contribution in [0.3, 0.4) is 0 Å². The van der Waals surface area contributed by atoms with Crippen LogP contribution < -0.4 is 20.1 Å². The summed E-state index contributed by atoms with van der Waals surface area (Å²) in [6, 6.07) is 5.42. The van der Waals surface area contributed by atoms with E-state index in [1.54, 1.807) is 26.4 Å². The molecular weight excluding hydrogens is 272 g/mol. The first-order valence-corrected chi connectivity index (χ1v) is 7.00. The number of ether oxygens (including phenoxy) is 2. The molecule has 6 nitrogen and oxygen atoms in total. The molecule has 0 saturated carbocycles. The van der Waals surface area contributed by atoms with Crippen molar-refractivity contribution in [3.8, 4) is 11.5 Å². The average Bonchev–Trinajstić information content (AvgIpc) is 2.90. The Balaban J connectivity index is 1.87. The lowest BCUT2D eigenvalue weighted by Gasteiger charge is -2.14. The van der Waals surface area contributed by atoms with E-state index in [0.29, 0.717) is 24.6 Å². The van der Waals surface area contributed by atoms with Gasteiger partial charge in [-0.1, -0.05) is 6.07 Å². The summed E-state index contributed by atoms with van der Waals surface area (Å²) in [6.07, 6.45) is -0.109. The van der Waals surface area contributed by atoms with Gasteiger partial charge in [-0.15, -0.1) is 0 Å². The monoisotopic (exact) mass is 294 g/mol. The molecule has 0 spiro atoms. The number of aliphatic hydroxyl groups excluding tert-OH is 1. The summed E-state index contributed by atoms with van der Waals surface area (Å²) in [6.45, 7) is 1.81. The number of carbonyl (C=O) groups excluding carboxylic acids is 1. The van der Waals surface area contributed by atoms with Gasteiger partial charge in [0.2, 0.25) is 5.91 Å². The van der Waals surface area contributed by atoms with Gasteiger partial charge in [0, 0.05) is 25.6 Å². The number of nitrogens with one attached hydrogen (secondary N) is 2. The van der Waals surface area contributed by atoms with Gasteiger partial charge in [-0.25, -0.2) is 0 Å². The first-order chi connectivity index (χ1) is 10.1. The molecule has 1 heterocycles. The maximum absolute atomic E-state index is 11.9. The van der Waals surface area contributed by atoms with Crippen LogP contribution in [-0.4, -0.2) is 51.0 Å². The van der Waals surface area contributed by atoms with Crippen molar-refractivity contribution in [3.63, 3.8) is 0 Å². The number of hydrogen-bond donors (Lipinski definition) is 3. The van der Waals surface area contributed by atoms with Crippen LogP contribution >= 0.6 is 0 Å². The van der Waals surface area contributed by atoms with Gasteiger partial charge in [-0.3, -0.25) is 4.79 Å². The molecule has 0 aliphatic carbocycles. The van der Waals surface area contributed by atoms with E-state index in [1.165, 1.54) is 0 Å². The minimum atomic E-state index is -0.383. The minimum Gasteiger partial charge on any atom is -0.493 e. The molecule has 1 aromatic carbocycles. The summed E-state index contributed by atoms with van der Waals surface area (Å²) >= 11 is 0. The second-order valence-corrected chi connectivity index (χ2v) is 5.16. The zero-order valence-corrected chi connectivity index (χ0v) is 12.4. The van der Waals surface area contributed by atoms with E-state index in [2.05, 4.69) is 10.6 Å². The van der Waals surface area contributed by atoms with Crippen LogP contribution in [-0.2, 0) is 11.2 Å². The fourth-order valence-corrected chi connectivity index (χ4v) is 2.41. The standard InChI is InChI=1S/C15H22N2O4/c1-20-13-4-3-10(5-14(13)21-2)6-15(19)17-8-11-7-16-9-12(11)18/h3-5,11-12,16,18H,6-9H2,1-2H3,(H,17,19). The maximum Gasteiger partial charge on any atom is 0.224 e. The van der Waals surface area contributed by atoms with Crippen LogP contribution in [0.1, 0.15) is 5.56 Å². The summed E-state index contributed by atoms with van der Waals surface area (Å²) in [5, 5.41) is 15.6. The molecule has 6 heteroatoms. The molecule has 21 heavy (non-hydrogen) atoms. The molecule has 1 saturated heterocycles. The lowest BCUT2D eigenvalue weighted by Crippen LogP contribution is -2.35. The third-order valence-corrected chi connectivity index (χ3v) is 3.68. The van der Waals surface area contributed by atoms with Crippen molar-refractivity contribution >= 4 is 5.91 Å². The molecule has 2 atom stereocenters. The summed E-state index contributed by atoms with van der Waals surface area (Å²) in [7, 11) is 3.14. The Kier molecular flexibility index (Phi) is 5.41. The Labute approximate surface area is 124 Å². The number of hydrogen-bond acceptors (Lipinski definition) is 5. The smallest absolute Gasteiger partial charge is 0.224 e. The fraction of sp³-hybridized carbons (Fsp3) is 0.533. The van der Waals surface area contributed by atoms with Gasteiger partial charge in [0.05, 0.1) is 26.7 Å². The number of β-amino-alcohol motifs (C(OH)–C–C–N with tert-alkyl or cyclic N) is 1. The number of amides is 1. The average molecular weight is 294 g/mol. The molecule has 2 rings (SSSR count). The second-order valence-electron chi connectivity index (χ2n) is 5.16. The van der Waals surface area contributed by atoms with Crippen LogP contribution in [0.15, 0.2) is 18.2 Å². The number of methoxy groups -OCH3 is 2. The Hall–Kier alpha value is -1.79. The van der Waals surface area contributed by atoms with Gasteiger partial charge in [0.15, 0.2) is 11.5 Å². The third-order valence-electron chi connectivity index (χ3n) is 3.68. The van der Waals surface area contributed by atoms with Gasteiger partial charge in [-0.2, -0.15) is 0 Å².